The summed E-state index contributed by atoms with van der Waals surface area (Å²) >= 11 is 8.08. The lowest BCUT2D eigenvalue weighted by Crippen LogP contribution is -2.30. The van der Waals surface area contributed by atoms with E-state index in [-0.39, 0.29) is 0 Å². The van der Waals surface area contributed by atoms with E-state index in [0.29, 0.717) is 5.92 Å². The molecule has 0 N–H and O–H groups in total. The Morgan fingerprint density at radius 1 is 0.931 bits per heavy atom. The molecule has 29 heavy (non-hydrogen) atoms. The zero-order valence-corrected chi connectivity index (χ0v) is 17.8. The van der Waals surface area contributed by atoms with E-state index in [1.807, 2.05) is 24.4 Å². The van der Waals surface area contributed by atoms with Gasteiger partial charge in [0.15, 0.2) is 0 Å². The molecule has 5 rings (SSSR count). The predicted molar refractivity (Wildman–Crippen MR) is 123 cm³/mol. The molecular formula is C25H21ClN2S. The maximum absolute atomic E-state index is 6.37. The number of benzene rings is 2. The first kappa shape index (κ1) is 18.6. The molecule has 0 fully saturated rings. The minimum absolute atomic E-state index is 0.317. The Balaban J connectivity index is 1.55. The Morgan fingerprint density at radius 3 is 2.52 bits per heavy atom. The fourth-order valence-corrected chi connectivity index (χ4v) is 5.63. The topological polar surface area (TPSA) is 16.1 Å². The number of likely N-dealkylation sites (N-methyl/N-ethyl adjacent to an activating group) is 1. The first-order chi connectivity index (χ1) is 14.2. The van der Waals surface area contributed by atoms with Crippen molar-refractivity contribution in [2.75, 3.05) is 13.6 Å². The molecule has 0 saturated carbocycles. The van der Waals surface area contributed by atoms with Crippen LogP contribution in [0.15, 0.2) is 79.0 Å². The lowest BCUT2D eigenvalue weighted by Gasteiger charge is -2.31. The molecule has 0 radical (unpaired) electrons. The summed E-state index contributed by atoms with van der Waals surface area (Å²) in [5.74, 6) is 0.317. The fraction of sp³-hybridized carbons (Fsp3) is 0.160. The Hall–Kier alpha value is -2.46. The maximum atomic E-state index is 6.37. The van der Waals surface area contributed by atoms with E-state index in [1.165, 1.54) is 21.6 Å². The van der Waals surface area contributed by atoms with E-state index >= 15 is 0 Å². The molecule has 2 aromatic carbocycles. The van der Waals surface area contributed by atoms with Gasteiger partial charge in [0, 0.05) is 41.2 Å². The normalized spacial score (nSPS) is 16.6. The zero-order chi connectivity index (χ0) is 19.8. The van der Waals surface area contributed by atoms with Crippen LogP contribution in [-0.2, 0) is 6.54 Å². The first-order valence-electron chi connectivity index (χ1n) is 9.76. The van der Waals surface area contributed by atoms with Gasteiger partial charge in [-0.15, -0.1) is 11.3 Å². The summed E-state index contributed by atoms with van der Waals surface area (Å²) in [7, 11) is 2.18. The average Bonchev–Trinajstić information content (AvgIpc) is 3.14. The quantitative estimate of drug-likeness (QED) is 0.369. The Morgan fingerprint density at radius 2 is 1.72 bits per heavy atom. The molecule has 0 bridgehead atoms. The Kier molecular flexibility index (Phi) is 4.96. The van der Waals surface area contributed by atoms with Gasteiger partial charge in [0.2, 0.25) is 0 Å². The lowest BCUT2D eigenvalue weighted by atomic mass is 9.84. The molecule has 0 amide bonds. The van der Waals surface area contributed by atoms with Crippen molar-refractivity contribution >= 4 is 22.9 Å². The van der Waals surface area contributed by atoms with Crippen LogP contribution >= 0.6 is 22.9 Å². The summed E-state index contributed by atoms with van der Waals surface area (Å²) in [5.41, 5.74) is 7.24. The number of halogens is 1. The van der Waals surface area contributed by atoms with Gasteiger partial charge in [-0.3, -0.25) is 4.98 Å². The molecule has 1 unspecified atom stereocenters. The van der Waals surface area contributed by atoms with Crippen molar-refractivity contribution < 1.29 is 0 Å². The molecule has 144 valence electrons. The molecule has 1 aliphatic rings. The minimum Gasteiger partial charge on any atom is -0.300 e. The van der Waals surface area contributed by atoms with E-state index in [9.17, 15) is 0 Å². The summed E-state index contributed by atoms with van der Waals surface area (Å²) in [6, 6.07) is 25.5. The molecule has 0 spiro atoms. The van der Waals surface area contributed by atoms with Crippen molar-refractivity contribution in [3.63, 3.8) is 0 Å². The fourth-order valence-electron chi connectivity index (χ4n) is 4.21. The molecule has 4 heteroatoms. The van der Waals surface area contributed by atoms with Gasteiger partial charge >= 0.3 is 0 Å². The number of pyridine rings is 1. The maximum Gasteiger partial charge on any atom is 0.0934 e. The third-order valence-corrected chi connectivity index (χ3v) is 6.84. The summed E-state index contributed by atoms with van der Waals surface area (Å²) in [6.07, 6.45) is 2.00. The van der Waals surface area contributed by atoms with E-state index in [1.54, 1.807) is 11.3 Å². The van der Waals surface area contributed by atoms with Crippen LogP contribution in [0.4, 0.5) is 0 Å². The van der Waals surface area contributed by atoms with Crippen molar-refractivity contribution in [2.45, 2.75) is 12.5 Å². The molecule has 3 heterocycles. The van der Waals surface area contributed by atoms with Crippen LogP contribution in [0, 0.1) is 0 Å². The highest BCUT2D eigenvalue weighted by molar-refractivity contribution is 7.16. The number of rotatable bonds is 3. The molecule has 0 aliphatic carbocycles. The third-order valence-electron chi connectivity index (χ3n) is 5.58. The van der Waals surface area contributed by atoms with Gasteiger partial charge in [-0.2, -0.15) is 0 Å². The highest BCUT2D eigenvalue weighted by atomic mass is 35.5. The van der Waals surface area contributed by atoms with Crippen LogP contribution in [0.1, 0.15) is 21.9 Å². The van der Waals surface area contributed by atoms with Gasteiger partial charge in [-0.25, -0.2) is 0 Å². The van der Waals surface area contributed by atoms with E-state index in [4.69, 9.17) is 16.6 Å². The number of aromatic nitrogens is 1. The van der Waals surface area contributed by atoms with E-state index < -0.39 is 0 Å². The van der Waals surface area contributed by atoms with Gasteiger partial charge < -0.3 is 4.90 Å². The van der Waals surface area contributed by atoms with Crippen molar-refractivity contribution in [2.24, 2.45) is 0 Å². The van der Waals surface area contributed by atoms with Crippen LogP contribution < -0.4 is 0 Å². The molecule has 2 aromatic heterocycles. The van der Waals surface area contributed by atoms with Crippen LogP contribution in [-0.4, -0.2) is 23.5 Å². The second-order valence-corrected chi connectivity index (χ2v) is 9.33. The van der Waals surface area contributed by atoms with Crippen molar-refractivity contribution in [3.8, 4) is 22.4 Å². The van der Waals surface area contributed by atoms with Gasteiger partial charge in [0.25, 0.3) is 0 Å². The number of thiophene rings is 1. The SMILES string of the molecule is CN1Cc2sc(Cl)cc2C(c2ccccc2-c2ccc(-c3ccccc3)nc2)C1. The van der Waals surface area contributed by atoms with Crippen LogP contribution in [0.5, 0.6) is 0 Å². The Bertz CT molecular complexity index is 1140. The van der Waals surface area contributed by atoms with Gasteiger partial charge in [0.1, 0.15) is 0 Å². The first-order valence-corrected chi connectivity index (χ1v) is 11.0. The van der Waals surface area contributed by atoms with Gasteiger partial charge in [-0.1, -0.05) is 72.3 Å². The largest absolute Gasteiger partial charge is 0.300 e. The summed E-state index contributed by atoms with van der Waals surface area (Å²) in [4.78, 5) is 8.50. The summed E-state index contributed by atoms with van der Waals surface area (Å²) in [5, 5.41) is 0. The van der Waals surface area contributed by atoms with E-state index in [2.05, 4.69) is 66.5 Å². The van der Waals surface area contributed by atoms with Crippen molar-refractivity contribution in [1.82, 2.24) is 9.88 Å². The Labute approximate surface area is 180 Å². The second-order valence-electron chi connectivity index (χ2n) is 7.56. The number of fused-ring (bicyclic) bond motifs is 1. The van der Waals surface area contributed by atoms with Crippen LogP contribution in [0.3, 0.4) is 0 Å². The standard InChI is InChI=1S/C25H21ClN2S/c1-28-15-22(21-13-25(26)29-24(21)16-28)20-10-6-5-9-19(20)18-11-12-23(27-14-18)17-7-3-2-4-8-17/h2-14,22H,15-16H2,1H3. The zero-order valence-electron chi connectivity index (χ0n) is 16.2. The molecule has 2 nitrogen and oxygen atoms in total. The molecule has 1 atom stereocenters. The molecular weight excluding hydrogens is 396 g/mol. The average molecular weight is 417 g/mol. The highest BCUT2D eigenvalue weighted by Crippen LogP contribution is 2.42. The molecule has 0 saturated heterocycles. The number of hydrogen-bond donors (Lipinski definition) is 0. The minimum atomic E-state index is 0.317. The monoisotopic (exact) mass is 416 g/mol. The summed E-state index contributed by atoms with van der Waals surface area (Å²) < 4.78 is 0.877. The predicted octanol–water partition coefficient (Wildman–Crippen LogP) is 6.71. The third kappa shape index (κ3) is 3.62. The van der Waals surface area contributed by atoms with Crippen molar-refractivity contribution in [1.29, 1.82) is 0 Å². The lowest BCUT2D eigenvalue weighted by molar-refractivity contribution is 0.299. The highest BCUT2D eigenvalue weighted by Gasteiger charge is 2.28. The van der Waals surface area contributed by atoms with Crippen LogP contribution in [0.2, 0.25) is 4.34 Å². The molecule has 1 aliphatic heterocycles. The number of hydrogen-bond acceptors (Lipinski definition) is 3. The van der Waals surface area contributed by atoms with Crippen molar-refractivity contribution in [3.05, 3.63) is 99.3 Å². The van der Waals surface area contributed by atoms with Gasteiger partial charge in [0.05, 0.1) is 10.0 Å². The number of nitrogens with zero attached hydrogens (tertiary/aromatic N) is 2. The summed E-state index contributed by atoms with van der Waals surface area (Å²) in [6.45, 7) is 1.96. The van der Waals surface area contributed by atoms with Crippen LogP contribution in [0.25, 0.3) is 22.4 Å². The smallest absolute Gasteiger partial charge is 0.0934 e. The van der Waals surface area contributed by atoms with Gasteiger partial charge in [-0.05, 0) is 35.9 Å². The second kappa shape index (κ2) is 7.75. The molecule has 4 aromatic rings. The van der Waals surface area contributed by atoms with E-state index in [0.717, 1.165) is 34.2 Å².